The molecule has 1 aromatic heterocycles. The molecule has 7 aromatic carbocycles. The van der Waals surface area contributed by atoms with Crippen molar-refractivity contribution in [1.82, 2.24) is 4.57 Å². The lowest BCUT2D eigenvalue weighted by atomic mass is 9.89. The van der Waals surface area contributed by atoms with Gasteiger partial charge in [0, 0.05) is 45.5 Å². The number of nitrogens with zero attached hydrogens (tertiary/aromatic N) is 2. The van der Waals surface area contributed by atoms with Crippen LogP contribution in [0.4, 0.5) is 11.4 Å². The highest BCUT2D eigenvalue weighted by Crippen LogP contribution is 2.39. The van der Waals surface area contributed by atoms with Gasteiger partial charge in [0.2, 0.25) is 0 Å². The van der Waals surface area contributed by atoms with Gasteiger partial charge in [0.1, 0.15) is 5.75 Å². The van der Waals surface area contributed by atoms with Gasteiger partial charge in [-0.25, -0.2) is 0 Å². The third-order valence-electron chi connectivity index (χ3n) is 10.6. The number of fused-ring (bicyclic) bond motifs is 3. The lowest BCUT2D eigenvalue weighted by Gasteiger charge is -2.21. The third kappa shape index (κ3) is 6.58. The quantitative estimate of drug-likeness (QED) is 0.170. The summed E-state index contributed by atoms with van der Waals surface area (Å²) >= 11 is 0. The van der Waals surface area contributed by atoms with Crippen molar-refractivity contribution in [2.45, 2.75) is 12.3 Å². The molecular formula is C52H40N2O. The summed E-state index contributed by atoms with van der Waals surface area (Å²) in [5.74, 6) is 0.505. The van der Waals surface area contributed by atoms with E-state index in [-0.39, 0.29) is 11.7 Å². The molecule has 0 radical (unpaired) electrons. The molecule has 1 aliphatic rings. The minimum absolute atomic E-state index is 0.237. The van der Waals surface area contributed by atoms with Crippen LogP contribution in [0.15, 0.2) is 201 Å². The molecule has 0 spiro atoms. The SMILES string of the molecule is C=CC=c1ccccc1=CN(c1ccccc1)c1ccc(-c2ccc(O)c(-c3cccc(C4C=CC(n5c6ccccc6c6ccccc65)=CC4)c3)c2)cc1. The van der Waals surface area contributed by atoms with Crippen molar-refractivity contribution in [3.8, 4) is 28.0 Å². The van der Waals surface area contributed by atoms with E-state index in [1.165, 1.54) is 33.1 Å². The highest BCUT2D eigenvalue weighted by Gasteiger charge is 2.18. The molecule has 0 fully saturated rings. The summed E-state index contributed by atoms with van der Waals surface area (Å²) < 4.78 is 2.38. The fourth-order valence-corrected chi connectivity index (χ4v) is 7.85. The number of phenolic OH excluding ortho intramolecular Hbond substituents is 1. The van der Waals surface area contributed by atoms with E-state index in [1.54, 1.807) is 0 Å². The summed E-state index contributed by atoms with van der Waals surface area (Å²) in [6, 6.07) is 59.1. The van der Waals surface area contributed by atoms with Gasteiger partial charge in [0.05, 0.1) is 11.0 Å². The molecule has 0 saturated carbocycles. The van der Waals surface area contributed by atoms with Gasteiger partial charge in [-0.15, -0.1) is 0 Å². The number of anilines is 2. The molecule has 1 N–H and O–H groups in total. The first-order valence-electron chi connectivity index (χ1n) is 18.8. The van der Waals surface area contributed by atoms with Crippen LogP contribution in [0.5, 0.6) is 5.75 Å². The van der Waals surface area contributed by atoms with Crippen LogP contribution in [-0.4, -0.2) is 9.67 Å². The van der Waals surface area contributed by atoms with Crippen LogP contribution in [0.2, 0.25) is 0 Å². The van der Waals surface area contributed by atoms with Gasteiger partial charge in [-0.05, 0) is 93.7 Å². The van der Waals surface area contributed by atoms with Crippen molar-refractivity contribution < 1.29 is 5.11 Å². The number of rotatable bonds is 8. The van der Waals surface area contributed by atoms with Crippen LogP contribution < -0.4 is 15.3 Å². The molecule has 3 heteroatoms. The van der Waals surface area contributed by atoms with Gasteiger partial charge >= 0.3 is 0 Å². The van der Waals surface area contributed by atoms with E-state index < -0.39 is 0 Å². The van der Waals surface area contributed by atoms with Gasteiger partial charge in [0.15, 0.2) is 0 Å². The van der Waals surface area contributed by atoms with Crippen LogP contribution in [0, 0.1) is 0 Å². The molecule has 0 saturated heterocycles. The summed E-state index contributed by atoms with van der Waals surface area (Å²) in [5.41, 5.74) is 10.9. The zero-order chi connectivity index (χ0) is 37.1. The number of hydrogen-bond donors (Lipinski definition) is 1. The summed E-state index contributed by atoms with van der Waals surface area (Å²) in [7, 11) is 0. The lowest BCUT2D eigenvalue weighted by Crippen LogP contribution is -2.27. The normalized spacial score (nSPS) is 14.7. The summed E-state index contributed by atoms with van der Waals surface area (Å²) in [6.45, 7) is 3.91. The Labute approximate surface area is 321 Å². The second-order valence-electron chi connectivity index (χ2n) is 14.0. The summed E-state index contributed by atoms with van der Waals surface area (Å²) in [6.07, 6.45) is 13.9. The van der Waals surface area contributed by atoms with E-state index in [1.807, 2.05) is 36.4 Å². The largest absolute Gasteiger partial charge is 0.507 e. The Bertz CT molecular complexity index is 2820. The Hall–Kier alpha value is -7.10. The number of benzene rings is 7. The average molecular weight is 709 g/mol. The first-order valence-corrected chi connectivity index (χ1v) is 18.8. The minimum Gasteiger partial charge on any atom is -0.507 e. The lowest BCUT2D eigenvalue weighted by molar-refractivity contribution is 0.477. The van der Waals surface area contributed by atoms with Crippen molar-refractivity contribution in [3.05, 3.63) is 217 Å². The van der Waals surface area contributed by atoms with Gasteiger partial charge < -0.3 is 14.6 Å². The van der Waals surface area contributed by atoms with Crippen molar-refractivity contribution in [2.75, 3.05) is 4.90 Å². The standard InChI is InChI=1S/C52H40N2O/c1-2-13-37-14-6-7-15-43(37)36-53(44-18-4-3-5-19-44)45-29-24-39(25-30-45)41-28-33-52(55)49(35-41)42-17-12-16-40(34-42)38-26-31-46(32-27-38)54-50-22-10-8-20-47(50)48-21-9-11-23-51(48)54/h2-26,28-36,38,55H,1,27H2. The number of hydrogen-bond acceptors (Lipinski definition) is 2. The molecule has 264 valence electrons. The Morgan fingerprint density at radius 3 is 1.96 bits per heavy atom. The number of allylic oxidation sites excluding steroid dienone is 5. The maximum atomic E-state index is 11.1. The smallest absolute Gasteiger partial charge is 0.123 e. The highest BCUT2D eigenvalue weighted by atomic mass is 16.3. The summed E-state index contributed by atoms with van der Waals surface area (Å²) in [4.78, 5) is 2.22. The van der Waals surface area contributed by atoms with E-state index in [0.29, 0.717) is 0 Å². The molecule has 55 heavy (non-hydrogen) atoms. The average Bonchev–Trinajstić information content (AvgIpc) is 3.58. The van der Waals surface area contributed by atoms with Gasteiger partial charge in [-0.2, -0.15) is 0 Å². The molecule has 0 bridgehead atoms. The van der Waals surface area contributed by atoms with Gasteiger partial charge in [-0.1, -0.05) is 152 Å². The Balaban J connectivity index is 0.997. The number of aromatic hydroxyl groups is 1. The molecule has 1 aliphatic carbocycles. The van der Waals surface area contributed by atoms with Crippen LogP contribution >= 0.6 is 0 Å². The molecule has 0 aliphatic heterocycles. The first kappa shape index (κ1) is 33.7. The molecule has 9 rings (SSSR count). The third-order valence-corrected chi connectivity index (χ3v) is 10.6. The molecule has 1 atom stereocenters. The number of phenols is 1. The molecule has 3 nitrogen and oxygen atoms in total. The van der Waals surface area contributed by atoms with E-state index in [4.69, 9.17) is 0 Å². The zero-order valence-electron chi connectivity index (χ0n) is 30.5. The van der Waals surface area contributed by atoms with Crippen molar-refractivity contribution >= 4 is 51.2 Å². The molecular weight excluding hydrogens is 669 g/mol. The number of aromatic nitrogens is 1. The van der Waals surface area contributed by atoms with Gasteiger partial charge in [-0.3, -0.25) is 0 Å². The zero-order valence-corrected chi connectivity index (χ0v) is 30.5. The van der Waals surface area contributed by atoms with E-state index in [2.05, 4.69) is 186 Å². The van der Waals surface area contributed by atoms with Crippen LogP contribution in [0.25, 0.3) is 62.0 Å². The molecule has 8 aromatic rings. The van der Waals surface area contributed by atoms with E-state index in [0.717, 1.165) is 50.5 Å². The Morgan fingerprint density at radius 1 is 0.600 bits per heavy atom. The number of para-hydroxylation sites is 3. The molecule has 0 amide bonds. The highest BCUT2D eigenvalue weighted by molar-refractivity contribution is 6.10. The van der Waals surface area contributed by atoms with Crippen LogP contribution in [0.3, 0.4) is 0 Å². The Morgan fingerprint density at radius 2 is 1.25 bits per heavy atom. The fraction of sp³-hybridized carbons (Fsp3) is 0.0385. The van der Waals surface area contributed by atoms with Crippen molar-refractivity contribution in [3.63, 3.8) is 0 Å². The topological polar surface area (TPSA) is 28.4 Å². The fourth-order valence-electron chi connectivity index (χ4n) is 7.85. The monoisotopic (exact) mass is 708 g/mol. The predicted octanol–water partition coefficient (Wildman–Crippen LogP) is 12.0. The predicted molar refractivity (Wildman–Crippen MR) is 233 cm³/mol. The van der Waals surface area contributed by atoms with E-state index >= 15 is 0 Å². The minimum atomic E-state index is 0.237. The second-order valence-corrected chi connectivity index (χ2v) is 14.0. The molecule has 1 heterocycles. The van der Waals surface area contributed by atoms with Crippen molar-refractivity contribution in [2.24, 2.45) is 0 Å². The van der Waals surface area contributed by atoms with E-state index in [9.17, 15) is 5.11 Å². The molecule has 1 unspecified atom stereocenters. The maximum Gasteiger partial charge on any atom is 0.123 e. The summed E-state index contributed by atoms with van der Waals surface area (Å²) in [5, 5.41) is 15.9. The Kier molecular flexibility index (Phi) is 9.03. The van der Waals surface area contributed by atoms with Crippen LogP contribution in [0.1, 0.15) is 17.9 Å². The second kappa shape index (κ2) is 14.7. The van der Waals surface area contributed by atoms with Crippen molar-refractivity contribution in [1.29, 1.82) is 0 Å². The first-order chi connectivity index (χ1) is 27.1. The maximum absolute atomic E-state index is 11.1. The van der Waals surface area contributed by atoms with Gasteiger partial charge in [0.25, 0.3) is 0 Å². The van der Waals surface area contributed by atoms with Crippen LogP contribution in [-0.2, 0) is 0 Å².